The van der Waals surface area contributed by atoms with Crippen molar-refractivity contribution in [3.05, 3.63) is 41.0 Å². The van der Waals surface area contributed by atoms with Gasteiger partial charge in [-0.25, -0.2) is 17.9 Å². The van der Waals surface area contributed by atoms with Crippen LogP contribution in [0.1, 0.15) is 16.2 Å². The lowest BCUT2D eigenvalue weighted by Crippen LogP contribution is -2.28. The predicted molar refractivity (Wildman–Crippen MR) is 60.9 cm³/mol. The third kappa shape index (κ3) is 2.46. The standard InChI is InChI=1S/C11H10F3N5O/c1-18(5-8-15-16-17-19(8)2)11(20)6-3-4-7(12)10(14)9(6)13/h3-4H,5H2,1-2H3. The third-order valence-corrected chi connectivity index (χ3v) is 2.70. The Kier molecular flexibility index (Phi) is 3.68. The van der Waals surface area contributed by atoms with Gasteiger partial charge < -0.3 is 4.90 Å². The maximum atomic E-state index is 13.5. The number of hydrogen-bond acceptors (Lipinski definition) is 4. The lowest BCUT2D eigenvalue weighted by Gasteiger charge is -2.16. The highest BCUT2D eigenvalue weighted by Gasteiger charge is 2.22. The zero-order valence-corrected chi connectivity index (χ0v) is 10.6. The van der Waals surface area contributed by atoms with E-state index in [1.807, 2.05) is 0 Å². The minimum absolute atomic E-state index is 0.000763. The van der Waals surface area contributed by atoms with Gasteiger partial charge in [-0.2, -0.15) is 0 Å². The second-order valence-electron chi connectivity index (χ2n) is 4.10. The van der Waals surface area contributed by atoms with Crippen molar-refractivity contribution in [1.82, 2.24) is 25.1 Å². The summed E-state index contributed by atoms with van der Waals surface area (Å²) < 4.78 is 40.8. The maximum Gasteiger partial charge on any atom is 0.257 e. The minimum Gasteiger partial charge on any atom is -0.334 e. The molecule has 9 heteroatoms. The van der Waals surface area contributed by atoms with Crippen molar-refractivity contribution < 1.29 is 18.0 Å². The topological polar surface area (TPSA) is 63.9 Å². The van der Waals surface area contributed by atoms with E-state index in [-0.39, 0.29) is 6.54 Å². The van der Waals surface area contributed by atoms with Gasteiger partial charge in [0.05, 0.1) is 12.1 Å². The Bertz CT molecular complexity index is 658. The summed E-state index contributed by atoms with van der Waals surface area (Å²) in [6.45, 7) is 0.000763. The van der Waals surface area contributed by atoms with Gasteiger partial charge >= 0.3 is 0 Å². The van der Waals surface area contributed by atoms with Crippen LogP contribution in [0, 0.1) is 17.5 Å². The molecule has 0 aliphatic rings. The second-order valence-corrected chi connectivity index (χ2v) is 4.10. The molecular formula is C11H10F3N5O. The molecule has 6 nitrogen and oxygen atoms in total. The number of hydrogen-bond donors (Lipinski definition) is 0. The second kappa shape index (κ2) is 5.27. The molecule has 0 saturated heterocycles. The summed E-state index contributed by atoms with van der Waals surface area (Å²) in [5, 5.41) is 10.6. The van der Waals surface area contributed by atoms with Crippen LogP contribution in [0.15, 0.2) is 12.1 Å². The van der Waals surface area contributed by atoms with Gasteiger partial charge in [-0.05, 0) is 22.6 Å². The number of carbonyl (C=O) groups is 1. The molecule has 0 fully saturated rings. The van der Waals surface area contributed by atoms with Gasteiger partial charge in [-0.15, -0.1) is 5.10 Å². The third-order valence-electron chi connectivity index (χ3n) is 2.70. The molecule has 0 spiro atoms. The highest BCUT2D eigenvalue weighted by atomic mass is 19.2. The lowest BCUT2D eigenvalue weighted by atomic mass is 10.1. The summed E-state index contributed by atoms with van der Waals surface area (Å²) >= 11 is 0. The molecule has 1 heterocycles. The Morgan fingerprint density at radius 1 is 1.30 bits per heavy atom. The van der Waals surface area contributed by atoms with Crippen LogP contribution >= 0.6 is 0 Å². The molecule has 2 aromatic rings. The quantitative estimate of drug-likeness (QED) is 0.786. The number of rotatable bonds is 3. The number of amides is 1. The summed E-state index contributed by atoms with van der Waals surface area (Å²) in [5.41, 5.74) is -0.554. The largest absolute Gasteiger partial charge is 0.334 e. The van der Waals surface area contributed by atoms with Crippen LogP contribution in [0.25, 0.3) is 0 Å². The Labute approximate surface area is 111 Å². The lowest BCUT2D eigenvalue weighted by molar-refractivity contribution is 0.0774. The Balaban J connectivity index is 2.23. The van der Waals surface area contributed by atoms with Crippen molar-refractivity contribution in [3.63, 3.8) is 0 Å². The summed E-state index contributed by atoms with van der Waals surface area (Å²) in [5.74, 6) is -4.98. The molecule has 20 heavy (non-hydrogen) atoms. The van der Waals surface area contributed by atoms with Gasteiger partial charge in [0.1, 0.15) is 0 Å². The van der Waals surface area contributed by atoms with Gasteiger partial charge in [0.25, 0.3) is 5.91 Å². The number of carbonyl (C=O) groups excluding carboxylic acids is 1. The molecule has 0 N–H and O–H groups in total. The zero-order chi connectivity index (χ0) is 14.9. The van der Waals surface area contributed by atoms with Crippen LogP contribution in [0.4, 0.5) is 13.2 Å². The first-order valence-corrected chi connectivity index (χ1v) is 5.52. The molecule has 0 radical (unpaired) electrons. The molecule has 0 unspecified atom stereocenters. The molecule has 106 valence electrons. The number of aryl methyl sites for hydroxylation is 1. The van der Waals surface area contributed by atoms with Crippen LogP contribution in [-0.4, -0.2) is 38.1 Å². The Morgan fingerprint density at radius 2 is 2.00 bits per heavy atom. The van der Waals surface area contributed by atoms with E-state index in [2.05, 4.69) is 15.5 Å². The van der Waals surface area contributed by atoms with E-state index in [4.69, 9.17) is 0 Å². The fourth-order valence-electron chi connectivity index (χ4n) is 1.56. The molecule has 0 bridgehead atoms. The van der Waals surface area contributed by atoms with E-state index in [0.717, 1.165) is 11.0 Å². The average molecular weight is 285 g/mol. The van der Waals surface area contributed by atoms with E-state index in [9.17, 15) is 18.0 Å². The average Bonchev–Trinajstić information content (AvgIpc) is 2.81. The fourth-order valence-corrected chi connectivity index (χ4v) is 1.56. The first-order valence-electron chi connectivity index (χ1n) is 5.52. The number of nitrogens with zero attached hydrogens (tertiary/aromatic N) is 5. The minimum atomic E-state index is -1.68. The summed E-state index contributed by atoms with van der Waals surface area (Å²) in [6.07, 6.45) is 0. The van der Waals surface area contributed by atoms with E-state index < -0.39 is 28.9 Å². The number of halogens is 3. The van der Waals surface area contributed by atoms with Gasteiger partial charge in [0, 0.05) is 14.1 Å². The molecule has 2 rings (SSSR count). The highest BCUT2D eigenvalue weighted by molar-refractivity contribution is 5.94. The van der Waals surface area contributed by atoms with Gasteiger partial charge in [-0.3, -0.25) is 4.79 Å². The number of aromatic nitrogens is 4. The molecule has 0 aliphatic heterocycles. The fraction of sp³-hybridized carbons (Fsp3) is 0.273. The van der Waals surface area contributed by atoms with Crippen LogP contribution in [0.3, 0.4) is 0 Å². The monoisotopic (exact) mass is 285 g/mol. The van der Waals surface area contributed by atoms with Crippen LogP contribution < -0.4 is 0 Å². The molecule has 1 aromatic heterocycles. The van der Waals surface area contributed by atoms with Crippen molar-refractivity contribution >= 4 is 5.91 Å². The van der Waals surface area contributed by atoms with Crippen molar-refractivity contribution in [2.24, 2.45) is 7.05 Å². The SMILES string of the molecule is CN(Cc1nnnn1C)C(=O)c1ccc(F)c(F)c1F. The van der Waals surface area contributed by atoms with E-state index >= 15 is 0 Å². The van der Waals surface area contributed by atoms with Gasteiger partial charge in [-0.1, -0.05) is 0 Å². The highest BCUT2D eigenvalue weighted by Crippen LogP contribution is 2.17. The van der Waals surface area contributed by atoms with Gasteiger partial charge in [0.15, 0.2) is 23.3 Å². The van der Waals surface area contributed by atoms with Crippen LogP contribution in [0.2, 0.25) is 0 Å². The van der Waals surface area contributed by atoms with E-state index in [0.29, 0.717) is 11.9 Å². The van der Waals surface area contributed by atoms with Crippen molar-refractivity contribution in [1.29, 1.82) is 0 Å². The van der Waals surface area contributed by atoms with Crippen molar-refractivity contribution in [2.75, 3.05) is 7.05 Å². The smallest absolute Gasteiger partial charge is 0.257 e. The van der Waals surface area contributed by atoms with E-state index in [1.165, 1.54) is 11.7 Å². The van der Waals surface area contributed by atoms with Crippen molar-refractivity contribution in [2.45, 2.75) is 6.54 Å². The summed E-state index contributed by atoms with van der Waals surface area (Å²) in [6, 6.07) is 1.59. The Hall–Kier alpha value is -2.45. The maximum absolute atomic E-state index is 13.5. The van der Waals surface area contributed by atoms with Gasteiger partial charge in [0.2, 0.25) is 0 Å². The molecule has 0 atom stereocenters. The first kappa shape index (κ1) is 14.0. The molecule has 0 saturated carbocycles. The summed E-state index contributed by atoms with van der Waals surface area (Å²) in [4.78, 5) is 13.1. The van der Waals surface area contributed by atoms with Crippen molar-refractivity contribution in [3.8, 4) is 0 Å². The number of tetrazole rings is 1. The van der Waals surface area contributed by atoms with E-state index in [1.54, 1.807) is 7.05 Å². The normalized spacial score (nSPS) is 10.7. The van der Waals surface area contributed by atoms with Crippen LogP contribution in [0.5, 0.6) is 0 Å². The zero-order valence-electron chi connectivity index (χ0n) is 10.6. The predicted octanol–water partition coefficient (Wildman–Crippen LogP) is 0.900. The molecule has 1 aromatic carbocycles. The van der Waals surface area contributed by atoms with Crippen LogP contribution in [-0.2, 0) is 13.6 Å². The molecular weight excluding hydrogens is 275 g/mol. The molecule has 0 aliphatic carbocycles. The number of benzene rings is 1. The molecule has 1 amide bonds. The summed E-state index contributed by atoms with van der Waals surface area (Å²) in [7, 11) is 2.95. The Morgan fingerprint density at radius 3 is 2.60 bits per heavy atom. The first-order chi connectivity index (χ1) is 9.41.